The van der Waals surface area contributed by atoms with Crippen LogP contribution in [-0.4, -0.2) is 41.7 Å². The molecule has 2 rings (SSSR count). The number of carbonyl (C=O) groups is 1. The van der Waals surface area contributed by atoms with Crippen molar-refractivity contribution in [2.75, 3.05) is 19.7 Å². The summed E-state index contributed by atoms with van der Waals surface area (Å²) in [6.07, 6.45) is 4.39. The molecule has 0 heterocycles. The number of amides is 1. The van der Waals surface area contributed by atoms with E-state index in [-0.39, 0.29) is 18.6 Å². The minimum atomic E-state index is -0.00529. The largest absolute Gasteiger partial charge is 0.395 e. The van der Waals surface area contributed by atoms with Gasteiger partial charge in [-0.25, -0.2) is 0 Å². The van der Waals surface area contributed by atoms with E-state index in [1.807, 2.05) is 17.0 Å². The van der Waals surface area contributed by atoms with Crippen LogP contribution in [0.5, 0.6) is 0 Å². The predicted octanol–water partition coefficient (Wildman–Crippen LogP) is 1.37. The van der Waals surface area contributed by atoms with Gasteiger partial charge in [-0.05, 0) is 37.1 Å². The zero-order chi connectivity index (χ0) is 15.1. The molecule has 1 saturated carbocycles. The van der Waals surface area contributed by atoms with Crippen LogP contribution in [0.25, 0.3) is 0 Å². The van der Waals surface area contributed by atoms with Gasteiger partial charge in [0.1, 0.15) is 0 Å². The molecule has 0 bridgehead atoms. The number of aliphatic hydroxyl groups excluding tert-OH is 1. The van der Waals surface area contributed by atoms with Gasteiger partial charge in [-0.1, -0.05) is 24.7 Å². The van der Waals surface area contributed by atoms with Gasteiger partial charge in [0.2, 0.25) is 0 Å². The highest BCUT2D eigenvalue weighted by Crippen LogP contribution is 2.24. The Labute approximate surface area is 125 Å². The first kappa shape index (κ1) is 15.6. The van der Waals surface area contributed by atoms with Gasteiger partial charge in [0.05, 0.1) is 13.2 Å². The predicted molar refractivity (Wildman–Crippen MR) is 82.8 cm³/mol. The Kier molecular flexibility index (Phi) is 5.79. The summed E-state index contributed by atoms with van der Waals surface area (Å²) < 4.78 is 0. The quantitative estimate of drug-likeness (QED) is 0.822. The third-order valence-electron chi connectivity index (χ3n) is 3.83. The summed E-state index contributed by atoms with van der Waals surface area (Å²) in [6, 6.07) is 7.52. The van der Waals surface area contributed by atoms with Crippen molar-refractivity contribution in [3.63, 3.8) is 0 Å². The smallest absolute Gasteiger partial charge is 0.254 e. The zero-order valence-electron chi connectivity index (χ0n) is 12.2. The summed E-state index contributed by atoms with van der Waals surface area (Å²) in [5, 5.41) is 9.21. The molecule has 1 amide bonds. The van der Waals surface area contributed by atoms with Gasteiger partial charge in [0.25, 0.3) is 5.91 Å². The van der Waals surface area contributed by atoms with E-state index in [0.29, 0.717) is 18.7 Å². The van der Waals surface area contributed by atoms with Crippen molar-refractivity contribution in [1.82, 2.24) is 4.90 Å². The molecule has 0 spiro atoms. The maximum Gasteiger partial charge on any atom is 0.254 e. The van der Waals surface area contributed by atoms with Crippen LogP contribution in [0.4, 0.5) is 0 Å². The van der Waals surface area contributed by atoms with Crippen LogP contribution in [0, 0.1) is 11.8 Å². The van der Waals surface area contributed by atoms with Crippen molar-refractivity contribution in [1.29, 1.82) is 0 Å². The summed E-state index contributed by atoms with van der Waals surface area (Å²) >= 11 is 0. The summed E-state index contributed by atoms with van der Waals surface area (Å²) in [6.45, 7) is 0.729. The van der Waals surface area contributed by atoms with E-state index >= 15 is 0 Å². The Morgan fingerprint density at radius 3 is 2.52 bits per heavy atom. The fourth-order valence-corrected chi connectivity index (χ4v) is 2.79. The second-order valence-electron chi connectivity index (χ2n) is 5.24. The third kappa shape index (κ3) is 4.07. The summed E-state index contributed by atoms with van der Waals surface area (Å²) in [4.78, 5) is 14.4. The number of nitrogens with zero attached hydrogens (tertiary/aromatic N) is 1. The Morgan fingerprint density at radius 2 is 1.95 bits per heavy atom. The van der Waals surface area contributed by atoms with Crippen molar-refractivity contribution in [3.05, 3.63) is 35.4 Å². The summed E-state index contributed by atoms with van der Waals surface area (Å²) in [5.74, 6) is 5.73. The van der Waals surface area contributed by atoms with Crippen molar-refractivity contribution in [3.8, 4) is 11.8 Å². The number of hydrogen-bond acceptors (Lipinski definition) is 3. The number of rotatable bonds is 4. The van der Waals surface area contributed by atoms with Crippen LogP contribution >= 0.6 is 0 Å². The molecule has 1 aromatic rings. The molecule has 1 aromatic carbocycles. The molecule has 21 heavy (non-hydrogen) atoms. The van der Waals surface area contributed by atoms with Crippen LogP contribution in [0.2, 0.25) is 0 Å². The Morgan fingerprint density at radius 1 is 1.29 bits per heavy atom. The number of hydrogen-bond donors (Lipinski definition) is 2. The average Bonchev–Trinajstić information content (AvgIpc) is 3.04. The van der Waals surface area contributed by atoms with Crippen LogP contribution in [0.15, 0.2) is 24.3 Å². The van der Waals surface area contributed by atoms with Crippen LogP contribution in [0.3, 0.4) is 0 Å². The molecule has 1 fully saturated rings. The lowest BCUT2D eigenvalue weighted by Gasteiger charge is -2.28. The van der Waals surface area contributed by atoms with Gasteiger partial charge >= 0.3 is 0 Å². The molecular formula is C17H22N2O2. The van der Waals surface area contributed by atoms with Gasteiger partial charge in [0, 0.05) is 23.7 Å². The van der Waals surface area contributed by atoms with E-state index in [0.717, 1.165) is 31.2 Å². The zero-order valence-corrected chi connectivity index (χ0v) is 12.2. The number of aliphatic hydroxyl groups is 1. The van der Waals surface area contributed by atoms with Crippen LogP contribution < -0.4 is 5.73 Å². The lowest BCUT2D eigenvalue weighted by molar-refractivity contribution is 0.0638. The van der Waals surface area contributed by atoms with Crippen molar-refractivity contribution in [2.45, 2.75) is 31.7 Å². The number of benzene rings is 1. The molecule has 0 saturated heterocycles. The van der Waals surface area contributed by atoms with Gasteiger partial charge in [-0.3, -0.25) is 4.79 Å². The maximum atomic E-state index is 12.6. The first-order valence-corrected chi connectivity index (χ1v) is 7.47. The van der Waals surface area contributed by atoms with E-state index in [9.17, 15) is 9.90 Å². The van der Waals surface area contributed by atoms with E-state index in [4.69, 9.17) is 5.73 Å². The molecule has 1 aliphatic carbocycles. The Balaban J connectivity index is 2.12. The van der Waals surface area contributed by atoms with Crippen molar-refractivity contribution in [2.24, 2.45) is 5.73 Å². The molecule has 4 heteroatoms. The molecular weight excluding hydrogens is 264 g/mol. The SMILES string of the molecule is NCC#Cc1ccc(C(=O)N(CCO)C2CCCC2)cc1. The fourth-order valence-electron chi connectivity index (χ4n) is 2.79. The minimum Gasteiger partial charge on any atom is -0.395 e. The molecule has 0 aromatic heterocycles. The lowest BCUT2D eigenvalue weighted by atomic mass is 10.1. The highest BCUT2D eigenvalue weighted by molar-refractivity contribution is 5.94. The van der Waals surface area contributed by atoms with E-state index in [1.54, 1.807) is 12.1 Å². The summed E-state index contributed by atoms with van der Waals surface area (Å²) in [5.41, 5.74) is 6.84. The van der Waals surface area contributed by atoms with Gasteiger partial charge in [0.15, 0.2) is 0 Å². The van der Waals surface area contributed by atoms with E-state index in [2.05, 4.69) is 11.8 Å². The molecule has 0 unspecified atom stereocenters. The number of nitrogens with two attached hydrogens (primary N) is 1. The fraction of sp³-hybridized carbons (Fsp3) is 0.471. The maximum absolute atomic E-state index is 12.6. The molecule has 3 N–H and O–H groups in total. The third-order valence-corrected chi connectivity index (χ3v) is 3.83. The molecule has 1 aliphatic rings. The van der Waals surface area contributed by atoms with Crippen molar-refractivity contribution < 1.29 is 9.90 Å². The van der Waals surface area contributed by atoms with Crippen LogP contribution in [-0.2, 0) is 0 Å². The van der Waals surface area contributed by atoms with Gasteiger partial charge in [-0.15, -0.1) is 0 Å². The summed E-state index contributed by atoms with van der Waals surface area (Å²) in [7, 11) is 0. The van der Waals surface area contributed by atoms with Gasteiger partial charge in [-0.2, -0.15) is 0 Å². The second kappa shape index (κ2) is 7.82. The van der Waals surface area contributed by atoms with E-state index < -0.39 is 0 Å². The Bertz CT molecular complexity index is 522. The molecule has 0 radical (unpaired) electrons. The lowest BCUT2D eigenvalue weighted by Crippen LogP contribution is -2.40. The molecule has 0 atom stereocenters. The van der Waals surface area contributed by atoms with Gasteiger partial charge < -0.3 is 15.7 Å². The highest BCUT2D eigenvalue weighted by Gasteiger charge is 2.26. The molecule has 112 valence electrons. The molecule has 4 nitrogen and oxygen atoms in total. The second-order valence-corrected chi connectivity index (χ2v) is 5.24. The topological polar surface area (TPSA) is 66.6 Å². The first-order valence-electron chi connectivity index (χ1n) is 7.47. The van der Waals surface area contributed by atoms with Crippen molar-refractivity contribution >= 4 is 5.91 Å². The van der Waals surface area contributed by atoms with E-state index in [1.165, 1.54) is 0 Å². The monoisotopic (exact) mass is 286 g/mol. The molecule has 0 aliphatic heterocycles. The highest BCUT2D eigenvalue weighted by atomic mass is 16.3. The normalized spacial score (nSPS) is 14.6. The minimum absolute atomic E-state index is 0.00228. The standard InChI is InChI=1S/C17H22N2O2/c18-11-3-4-14-7-9-15(10-8-14)17(21)19(12-13-20)16-5-1-2-6-16/h7-10,16,20H,1-2,5-6,11-13,18H2. The number of carbonyl (C=O) groups excluding carboxylic acids is 1. The Hall–Kier alpha value is -1.83. The first-order chi connectivity index (χ1) is 10.3. The average molecular weight is 286 g/mol. The van der Waals surface area contributed by atoms with Crippen LogP contribution in [0.1, 0.15) is 41.6 Å².